The third kappa shape index (κ3) is 1.52. The third-order valence-electron chi connectivity index (χ3n) is 0.706. The molecule has 1 aliphatic rings. The first-order valence-electron chi connectivity index (χ1n) is 2.10. The zero-order valence-corrected chi connectivity index (χ0v) is 5.52. The molecule has 0 aromatic carbocycles. The molecule has 1 N–H and O–H groups in total. The SMILES string of the molecule is ClN1C=CCN(Cl)N1. The highest BCUT2D eigenvalue weighted by atomic mass is 35.5. The van der Waals surface area contributed by atoms with Crippen LogP contribution in [0.5, 0.6) is 0 Å². The van der Waals surface area contributed by atoms with Gasteiger partial charge in [0, 0.05) is 18.0 Å². The lowest BCUT2D eigenvalue weighted by Crippen LogP contribution is -2.40. The van der Waals surface area contributed by atoms with Gasteiger partial charge in [-0.25, -0.2) is 4.53 Å². The molecule has 1 heterocycles. The van der Waals surface area contributed by atoms with Crippen LogP contribution >= 0.6 is 23.6 Å². The molecule has 3 nitrogen and oxygen atoms in total. The molecule has 0 saturated heterocycles. The Morgan fingerprint density at radius 1 is 1.50 bits per heavy atom. The Labute approximate surface area is 57.6 Å². The summed E-state index contributed by atoms with van der Waals surface area (Å²) in [5.74, 6) is 0. The zero-order chi connectivity index (χ0) is 5.98. The molecule has 0 radical (unpaired) electrons. The summed E-state index contributed by atoms with van der Waals surface area (Å²) in [7, 11) is 0. The standard InChI is InChI=1S/C3H5Cl2N3/c4-7-2-1-3-8(5)6-7/h1-2,6H,3H2. The van der Waals surface area contributed by atoms with Gasteiger partial charge in [-0.2, -0.15) is 0 Å². The Morgan fingerprint density at radius 2 is 2.25 bits per heavy atom. The van der Waals surface area contributed by atoms with E-state index in [0.717, 1.165) is 0 Å². The number of halogens is 2. The van der Waals surface area contributed by atoms with Crippen LogP contribution in [0.15, 0.2) is 12.3 Å². The molecular formula is C3H5Cl2N3. The maximum absolute atomic E-state index is 5.46. The lowest BCUT2D eigenvalue weighted by Gasteiger charge is -2.21. The predicted octanol–water partition coefficient (Wildman–Crippen LogP) is 0.845. The summed E-state index contributed by atoms with van der Waals surface area (Å²) in [6, 6.07) is 0. The van der Waals surface area contributed by atoms with Crippen molar-refractivity contribution in [3.8, 4) is 0 Å². The number of nitrogens with zero attached hydrogens (tertiary/aromatic N) is 2. The van der Waals surface area contributed by atoms with Gasteiger partial charge in [0.2, 0.25) is 0 Å². The summed E-state index contributed by atoms with van der Waals surface area (Å²) in [5.41, 5.74) is 2.59. The maximum Gasteiger partial charge on any atom is 0.0513 e. The van der Waals surface area contributed by atoms with Crippen LogP contribution in [0.1, 0.15) is 0 Å². The van der Waals surface area contributed by atoms with E-state index < -0.39 is 0 Å². The zero-order valence-electron chi connectivity index (χ0n) is 4.01. The fraction of sp³-hybridized carbons (Fsp3) is 0.333. The van der Waals surface area contributed by atoms with Crippen LogP contribution in [-0.4, -0.2) is 15.6 Å². The van der Waals surface area contributed by atoms with Crippen molar-refractivity contribution in [1.29, 1.82) is 0 Å². The molecule has 0 saturated carbocycles. The topological polar surface area (TPSA) is 18.5 Å². The Hall–Kier alpha value is 0.0400. The molecule has 5 heteroatoms. The van der Waals surface area contributed by atoms with Crippen molar-refractivity contribution in [3.05, 3.63) is 12.3 Å². The average molecular weight is 154 g/mol. The number of hydrogen-bond acceptors (Lipinski definition) is 3. The second-order valence-corrected chi connectivity index (χ2v) is 2.11. The Morgan fingerprint density at radius 3 is 2.62 bits per heavy atom. The first-order chi connectivity index (χ1) is 3.79. The van der Waals surface area contributed by atoms with Crippen LogP contribution in [-0.2, 0) is 0 Å². The minimum absolute atomic E-state index is 0.658. The van der Waals surface area contributed by atoms with Gasteiger partial charge in [-0.3, -0.25) is 0 Å². The van der Waals surface area contributed by atoms with Crippen molar-refractivity contribution in [2.45, 2.75) is 0 Å². The summed E-state index contributed by atoms with van der Waals surface area (Å²) in [6.07, 6.45) is 3.51. The van der Waals surface area contributed by atoms with E-state index in [9.17, 15) is 0 Å². The Kier molecular flexibility index (Phi) is 1.96. The fourth-order valence-corrected chi connectivity index (χ4v) is 0.781. The van der Waals surface area contributed by atoms with E-state index in [1.165, 1.54) is 9.06 Å². The number of hydrazine groups is 2. The quantitative estimate of drug-likeness (QED) is 0.521. The first kappa shape index (κ1) is 6.16. The van der Waals surface area contributed by atoms with Gasteiger partial charge in [0.1, 0.15) is 0 Å². The second kappa shape index (κ2) is 2.55. The summed E-state index contributed by atoms with van der Waals surface area (Å²) in [4.78, 5) is 0. The molecule has 1 rings (SSSR count). The van der Waals surface area contributed by atoms with Crippen LogP contribution in [0.3, 0.4) is 0 Å². The predicted molar refractivity (Wildman–Crippen MR) is 32.5 cm³/mol. The summed E-state index contributed by atoms with van der Waals surface area (Å²) < 4.78 is 2.59. The number of hydrogen-bond donors (Lipinski definition) is 1. The third-order valence-corrected chi connectivity index (χ3v) is 1.11. The minimum atomic E-state index is 0.658. The molecular weight excluding hydrogens is 149 g/mol. The van der Waals surface area contributed by atoms with Gasteiger partial charge < -0.3 is 0 Å². The normalized spacial score (nSPS) is 22.0. The van der Waals surface area contributed by atoms with E-state index in [0.29, 0.717) is 6.54 Å². The van der Waals surface area contributed by atoms with Crippen molar-refractivity contribution >= 4 is 23.6 Å². The van der Waals surface area contributed by atoms with Crippen molar-refractivity contribution in [2.75, 3.05) is 6.54 Å². The highest BCUT2D eigenvalue weighted by Crippen LogP contribution is 2.00. The second-order valence-electron chi connectivity index (χ2n) is 1.34. The highest BCUT2D eigenvalue weighted by molar-refractivity contribution is 6.15. The van der Waals surface area contributed by atoms with Gasteiger partial charge in [0.25, 0.3) is 0 Å². The Bertz CT molecular complexity index is 105. The molecule has 0 unspecified atom stereocenters. The lowest BCUT2D eigenvalue weighted by atomic mass is 10.6. The van der Waals surface area contributed by atoms with E-state index in [-0.39, 0.29) is 0 Å². The van der Waals surface area contributed by atoms with Gasteiger partial charge in [-0.05, 0) is 17.9 Å². The van der Waals surface area contributed by atoms with Crippen LogP contribution in [0, 0.1) is 0 Å². The van der Waals surface area contributed by atoms with Gasteiger partial charge in [-0.15, -0.1) is 10.1 Å². The van der Waals surface area contributed by atoms with Crippen molar-refractivity contribution in [3.63, 3.8) is 0 Å². The van der Waals surface area contributed by atoms with Gasteiger partial charge in [-0.1, -0.05) is 0 Å². The van der Waals surface area contributed by atoms with E-state index in [1.807, 2.05) is 6.08 Å². The van der Waals surface area contributed by atoms with E-state index in [1.54, 1.807) is 6.20 Å². The largest absolute Gasteiger partial charge is 0.210 e. The fourth-order valence-electron chi connectivity index (χ4n) is 0.410. The molecule has 0 spiro atoms. The summed E-state index contributed by atoms with van der Waals surface area (Å²) >= 11 is 10.9. The van der Waals surface area contributed by atoms with Crippen molar-refractivity contribution in [2.24, 2.45) is 0 Å². The van der Waals surface area contributed by atoms with E-state index in [4.69, 9.17) is 23.6 Å². The average Bonchev–Trinajstić information content (AvgIpc) is 1.64. The minimum Gasteiger partial charge on any atom is -0.210 e. The summed E-state index contributed by atoms with van der Waals surface area (Å²) in [6.45, 7) is 0.658. The molecule has 1 aliphatic heterocycles. The molecule has 0 aromatic heterocycles. The smallest absolute Gasteiger partial charge is 0.0513 e. The van der Waals surface area contributed by atoms with Crippen LogP contribution < -0.4 is 5.53 Å². The summed E-state index contributed by atoms with van der Waals surface area (Å²) in [5, 5.41) is 0. The number of nitrogens with one attached hydrogen (secondary N) is 1. The van der Waals surface area contributed by atoms with Gasteiger partial charge in [0.05, 0.1) is 6.54 Å². The Balaban J connectivity index is 2.42. The first-order valence-corrected chi connectivity index (χ1v) is 2.78. The molecule has 0 aliphatic carbocycles. The molecule has 46 valence electrons. The van der Waals surface area contributed by atoms with Gasteiger partial charge in [0.15, 0.2) is 0 Å². The molecule has 0 fully saturated rings. The highest BCUT2D eigenvalue weighted by Gasteiger charge is 2.04. The van der Waals surface area contributed by atoms with Crippen LogP contribution in [0.4, 0.5) is 0 Å². The molecule has 0 amide bonds. The molecule has 0 bridgehead atoms. The molecule has 0 aromatic rings. The van der Waals surface area contributed by atoms with Gasteiger partial charge >= 0.3 is 0 Å². The van der Waals surface area contributed by atoms with E-state index >= 15 is 0 Å². The van der Waals surface area contributed by atoms with E-state index in [2.05, 4.69) is 5.53 Å². The maximum atomic E-state index is 5.46. The lowest BCUT2D eigenvalue weighted by molar-refractivity contribution is 0.219. The molecule has 0 atom stereocenters. The monoisotopic (exact) mass is 153 g/mol. The molecule has 8 heavy (non-hydrogen) atoms. The number of rotatable bonds is 0. The van der Waals surface area contributed by atoms with Crippen molar-refractivity contribution in [1.82, 2.24) is 14.6 Å². The van der Waals surface area contributed by atoms with Crippen LogP contribution in [0.25, 0.3) is 0 Å². The van der Waals surface area contributed by atoms with Crippen LogP contribution in [0.2, 0.25) is 0 Å². The van der Waals surface area contributed by atoms with Crippen molar-refractivity contribution < 1.29 is 0 Å².